The smallest absolute Gasteiger partial charge is 0.0540 e. The molecule has 0 atom stereocenters. The van der Waals surface area contributed by atoms with E-state index in [1.54, 1.807) is 0 Å². The Bertz CT molecular complexity index is 2240. The topological polar surface area (TPSA) is 20.2 Å². The molecule has 1 aromatic heterocycles. The third-order valence-corrected chi connectivity index (χ3v) is 9.27. The third kappa shape index (κ3) is 5.61. The molecule has 0 saturated heterocycles. The van der Waals surface area contributed by atoms with E-state index in [2.05, 4.69) is 191 Å². The van der Waals surface area contributed by atoms with E-state index in [4.69, 9.17) is 0 Å². The molecule has 1 N–H and O–H groups in total. The van der Waals surface area contributed by atoms with E-state index in [1.807, 2.05) is 0 Å². The van der Waals surface area contributed by atoms with Crippen LogP contribution in [0.4, 0.5) is 5.69 Å². The first-order valence-corrected chi connectivity index (χ1v) is 16.6. The van der Waals surface area contributed by atoms with Crippen LogP contribution in [-0.4, -0.2) is 16.0 Å². The minimum atomic E-state index is 0.749. The van der Waals surface area contributed by atoms with E-state index in [-0.39, 0.29) is 0 Å². The molecular formula is C45H37N3. The Morgan fingerprint density at radius 1 is 0.625 bits per heavy atom. The molecule has 5 aromatic rings. The van der Waals surface area contributed by atoms with Gasteiger partial charge in [-0.3, -0.25) is 0 Å². The van der Waals surface area contributed by atoms with Gasteiger partial charge in [-0.1, -0.05) is 140 Å². The van der Waals surface area contributed by atoms with Crippen molar-refractivity contribution >= 4 is 33.2 Å². The monoisotopic (exact) mass is 619 g/mol. The maximum atomic E-state index is 4.46. The molecule has 4 aromatic carbocycles. The number of anilines is 1. The summed E-state index contributed by atoms with van der Waals surface area (Å²) in [7, 11) is 0. The van der Waals surface area contributed by atoms with Crippen LogP contribution in [0.1, 0.15) is 12.8 Å². The lowest BCUT2D eigenvalue weighted by Crippen LogP contribution is -2.23. The number of nitrogens with zero attached hydrogens (tertiary/aromatic N) is 2. The first kappa shape index (κ1) is 29.3. The second-order valence-corrected chi connectivity index (χ2v) is 12.3. The van der Waals surface area contributed by atoms with Gasteiger partial charge in [0.25, 0.3) is 0 Å². The van der Waals surface area contributed by atoms with Gasteiger partial charge in [0.2, 0.25) is 0 Å². The van der Waals surface area contributed by atoms with Crippen molar-refractivity contribution in [3.05, 3.63) is 205 Å². The van der Waals surface area contributed by atoms with Crippen LogP contribution in [0.2, 0.25) is 0 Å². The van der Waals surface area contributed by atoms with Gasteiger partial charge in [0.15, 0.2) is 0 Å². The van der Waals surface area contributed by atoms with Crippen molar-refractivity contribution in [1.82, 2.24) is 9.47 Å². The number of para-hydroxylation sites is 3. The summed E-state index contributed by atoms with van der Waals surface area (Å²) in [5, 5.41) is 6.40. The first-order valence-electron chi connectivity index (χ1n) is 16.6. The zero-order chi connectivity index (χ0) is 32.3. The number of hydrogen-bond donors (Lipinski definition) is 1. The standard InChI is InChI=1S/C45H37N3/c1-33-17-5-4-16-30-47(43-25-9-3-8-20-38(33)43)36-28-29-37(48-44-26-14-11-22-40(44)41-23-12-15-27-45(41)48)32-35(31-36)46-42-24-13-10-21-39(42)34-18-6-2-7-19-34/h2-19,21-27,29,31-32,46H,1,20,28,30H2/b16-4-,17-5-. The van der Waals surface area contributed by atoms with Crippen LogP contribution in [0.15, 0.2) is 205 Å². The maximum absolute atomic E-state index is 4.46. The minimum absolute atomic E-state index is 0.749. The summed E-state index contributed by atoms with van der Waals surface area (Å²) in [5.41, 5.74) is 12.6. The van der Waals surface area contributed by atoms with Crippen LogP contribution in [0.5, 0.6) is 0 Å². The van der Waals surface area contributed by atoms with Crippen molar-refractivity contribution in [2.45, 2.75) is 12.8 Å². The Labute approximate surface area is 282 Å². The molecule has 232 valence electrons. The Hall–Kier alpha value is -6.06. The fourth-order valence-corrected chi connectivity index (χ4v) is 6.99. The molecule has 1 aliphatic heterocycles. The second-order valence-electron chi connectivity index (χ2n) is 12.3. The average Bonchev–Trinajstić information content (AvgIpc) is 3.23. The summed E-state index contributed by atoms with van der Waals surface area (Å²) >= 11 is 0. The molecule has 3 aliphatic rings. The summed E-state index contributed by atoms with van der Waals surface area (Å²) < 4.78 is 2.41. The molecule has 2 heterocycles. The van der Waals surface area contributed by atoms with Gasteiger partial charge in [-0.2, -0.15) is 0 Å². The number of nitrogens with one attached hydrogen (secondary N) is 1. The summed E-state index contributed by atoms with van der Waals surface area (Å²) in [6.45, 7) is 5.21. The van der Waals surface area contributed by atoms with Crippen molar-refractivity contribution in [1.29, 1.82) is 0 Å². The van der Waals surface area contributed by atoms with E-state index in [1.165, 1.54) is 44.3 Å². The predicted octanol–water partition coefficient (Wildman–Crippen LogP) is 11.3. The lowest BCUT2D eigenvalue weighted by molar-refractivity contribution is 0.472. The van der Waals surface area contributed by atoms with Crippen LogP contribution in [0, 0.1) is 0 Å². The summed E-state index contributed by atoms with van der Waals surface area (Å²) in [4.78, 5) is 2.46. The molecule has 48 heavy (non-hydrogen) atoms. The van der Waals surface area contributed by atoms with E-state index in [0.717, 1.165) is 47.6 Å². The molecule has 2 aliphatic carbocycles. The molecule has 3 nitrogen and oxygen atoms in total. The van der Waals surface area contributed by atoms with Crippen LogP contribution in [0.25, 0.3) is 38.6 Å². The lowest BCUT2D eigenvalue weighted by atomic mass is 10.0. The van der Waals surface area contributed by atoms with Gasteiger partial charge in [-0.05, 0) is 59.6 Å². The van der Waals surface area contributed by atoms with Crippen LogP contribution in [0.3, 0.4) is 0 Å². The lowest BCUT2D eigenvalue weighted by Gasteiger charge is -2.29. The fraction of sp³-hybridized carbons (Fsp3) is 0.0667. The zero-order valence-corrected chi connectivity index (χ0v) is 26.9. The Morgan fingerprint density at radius 2 is 1.31 bits per heavy atom. The van der Waals surface area contributed by atoms with E-state index >= 15 is 0 Å². The Balaban J connectivity index is 1.31. The van der Waals surface area contributed by atoms with Crippen molar-refractivity contribution in [3.63, 3.8) is 0 Å². The molecule has 0 bridgehead atoms. The number of rotatable bonds is 5. The van der Waals surface area contributed by atoms with Crippen molar-refractivity contribution < 1.29 is 0 Å². The highest BCUT2D eigenvalue weighted by atomic mass is 15.1. The molecule has 0 amide bonds. The summed E-state index contributed by atoms with van der Waals surface area (Å²) in [6, 6.07) is 36.6. The Kier molecular flexibility index (Phi) is 7.93. The number of aromatic nitrogens is 1. The van der Waals surface area contributed by atoms with Gasteiger partial charge in [0.05, 0.1) is 11.0 Å². The molecule has 3 heteroatoms. The predicted molar refractivity (Wildman–Crippen MR) is 204 cm³/mol. The van der Waals surface area contributed by atoms with Crippen LogP contribution in [-0.2, 0) is 0 Å². The molecule has 8 rings (SSSR count). The minimum Gasteiger partial charge on any atom is -0.355 e. The number of hydrogen-bond acceptors (Lipinski definition) is 2. The van der Waals surface area contributed by atoms with Crippen molar-refractivity contribution in [2.75, 3.05) is 11.9 Å². The highest BCUT2D eigenvalue weighted by Gasteiger charge is 2.21. The molecule has 0 radical (unpaired) electrons. The van der Waals surface area contributed by atoms with Gasteiger partial charge in [0, 0.05) is 57.8 Å². The highest BCUT2D eigenvalue weighted by molar-refractivity contribution is 6.10. The maximum Gasteiger partial charge on any atom is 0.0540 e. The number of allylic oxidation sites excluding steroid dienone is 13. The first-order chi connectivity index (χ1) is 23.7. The Morgan fingerprint density at radius 3 is 2.12 bits per heavy atom. The van der Waals surface area contributed by atoms with Crippen molar-refractivity contribution in [2.24, 2.45) is 0 Å². The normalized spacial score (nSPS) is 17.8. The summed E-state index contributed by atoms with van der Waals surface area (Å²) in [5.74, 6) is 0. The third-order valence-electron chi connectivity index (χ3n) is 9.27. The fourth-order valence-electron chi connectivity index (χ4n) is 6.99. The summed E-state index contributed by atoms with van der Waals surface area (Å²) in [6.07, 6.45) is 25.9. The van der Waals surface area contributed by atoms with Crippen LogP contribution >= 0.6 is 0 Å². The highest BCUT2D eigenvalue weighted by Crippen LogP contribution is 2.37. The quantitative estimate of drug-likeness (QED) is 0.211. The van der Waals surface area contributed by atoms with Gasteiger partial charge >= 0.3 is 0 Å². The SMILES string of the molecule is C=C1/C=C\C=C/CN(C2=CC(Nc3ccccc3-c3ccccc3)=CC(n3c4ccccc4c4ccccc43)=CC2)C2=C1CC=CC=C2. The number of benzene rings is 4. The van der Waals surface area contributed by atoms with Crippen LogP contribution < -0.4 is 5.32 Å². The van der Waals surface area contributed by atoms with E-state index < -0.39 is 0 Å². The average molecular weight is 620 g/mol. The van der Waals surface area contributed by atoms with Gasteiger partial charge in [-0.25, -0.2) is 0 Å². The molecule has 0 fully saturated rings. The van der Waals surface area contributed by atoms with Gasteiger partial charge in [0.1, 0.15) is 0 Å². The van der Waals surface area contributed by atoms with Gasteiger partial charge < -0.3 is 14.8 Å². The molecule has 0 saturated carbocycles. The zero-order valence-electron chi connectivity index (χ0n) is 26.9. The molecular weight excluding hydrogens is 583 g/mol. The molecule has 0 unspecified atom stereocenters. The van der Waals surface area contributed by atoms with E-state index in [9.17, 15) is 0 Å². The molecule has 0 spiro atoms. The van der Waals surface area contributed by atoms with Crippen molar-refractivity contribution in [3.8, 4) is 11.1 Å². The largest absolute Gasteiger partial charge is 0.355 e. The number of fused-ring (bicyclic) bond motifs is 3. The second kappa shape index (κ2) is 13.0. The van der Waals surface area contributed by atoms with Gasteiger partial charge in [-0.15, -0.1) is 0 Å². The van der Waals surface area contributed by atoms with E-state index in [0.29, 0.717) is 0 Å².